The van der Waals surface area contributed by atoms with Gasteiger partial charge in [-0.05, 0) is 45.1 Å². The second-order valence-corrected chi connectivity index (χ2v) is 5.95. The fraction of sp³-hybridized carbons (Fsp3) is 0.933. The highest BCUT2D eigenvalue weighted by molar-refractivity contribution is 5.79. The number of carbonyl (C=O) groups is 1. The van der Waals surface area contributed by atoms with Crippen LogP contribution < -0.4 is 5.73 Å². The lowest BCUT2D eigenvalue weighted by Crippen LogP contribution is -2.39. The number of carbonyl (C=O) groups excluding carboxylic acids is 1. The van der Waals surface area contributed by atoms with Crippen molar-refractivity contribution in [2.75, 3.05) is 13.1 Å². The van der Waals surface area contributed by atoms with E-state index in [1.807, 2.05) is 0 Å². The lowest BCUT2D eigenvalue weighted by atomic mass is 9.98. The van der Waals surface area contributed by atoms with E-state index in [1.54, 1.807) is 0 Å². The third-order valence-electron chi connectivity index (χ3n) is 4.61. The lowest BCUT2D eigenvalue weighted by molar-refractivity contribution is -0.136. The number of nitrogens with two attached hydrogens (primary N) is 1. The maximum Gasteiger partial charge on any atom is 0.225 e. The van der Waals surface area contributed by atoms with E-state index in [0.717, 1.165) is 38.8 Å². The summed E-state index contributed by atoms with van der Waals surface area (Å²) in [6.07, 6.45) is 11.9. The average Bonchev–Trinajstić information content (AvgIpc) is 2.68. The van der Waals surface area contributed by atoms with Crippen molar-refractivity contribution in [1.29, 1.82) is 0 Å². The molecule has 1 heterocycles. The Kier molecular flexibility index (Phi) is 5.48. The van der Waals surface area contributed by atoms with Crippen molar-refractivity contribution in [3.8, 4) is 0 Å². The number of likely N-dealkylation sites (tertiary alicyclic amines) is 1. The Morgan fingerprint density at radius 3 is 2.44 bits per heavy atom. The minimum atomic E-state index is 0.325. The van der Waals surface area contributed by atoms with E-state index >= 15 is 0 Å². The Balaban J connectivity index is 1.89. The first kappa shape index (κ1) is 13.9. The van der Waals surface area contributed by atoms with Gasteiger partial charge in [-0.15, -0.1) is 0 Å². The molecule has 2 fully saturated rings. The Hall–Kier alpha value is -0.570. The predicted molar refractivity (Wildman–Crippen MR) is 74.2 cm³/mol. The summed E-state index contributed by atoms with van der Waals surface area (Å²) in [5.74, 6) is 0.780. The van der Waals surface area contributed by atoms with Crippen LogP contribution in [0.25, 0.3) is 0 Å². The number of nitrogens with zero attached hydrogens (tertiary/aromatic N) is 1. The first-order chi connectivity index (χ1) is 8.83. The molecule has 1 unspecified atom stereocenters. The van der Waals surface area contributed by atoms with E-state index in [4.69, 9.17) is 5.73 Å². The van der Waals surface area contributed by atoms with Crippen molar-refractivity contribution in [2.45, 2.75) is 70.3 Å². The van der Waals surface area contributed by atoms with Gasteiger partial charge in [0.2, 0.25) is 5.91 Å². The highest BCUT2D eigenvalue weighted by atomic mass is 16.2. The maximum atomic E-state index is 12.6. The van der Waals surface area contributed by atoms with Crippen LogP contribution in [0, 0.1) is 5.92 Å². The van der Waals surface area contributed by atoms with Crippen molar-refractivity contribution in [3.05, 3.63) is 0 Å². The number of hydrogen-bond acceptors (Lipinski definition) is 2. The van der Waals surface area contributed by atoms with E-state index in [9.17, 15) is 4.79 Å². The molecule has 104 valence electrons. The molecular formula is C15H28N2O. The third-order valence-corrected chi connectivity index (χ3v) is 4.61. The molecular weight excluding hydrogens is 224 g/mol. The molecule has 0 aromatic carbocycles. The van der Waals surface area contributed by atoms with Gasteiger partial charge in [-0.3, -0.25) is 4.79 Å². The zero-order valence-electron chi connectivity index (χ0n) is 11.6. The monoisotopic (exact) mass is 252 g/mol. The molecule has 1 saturated heterocycles. The molecule has 2 aliphatic rings. The summed E-state index contributed by atoms with van der Waals surface area (Å²) in [6.45, 7) is 1.74. The molecule has 18 heavy (non-hydrogen) atoms. The first-order valence-corrected chi connectivity index (χ1v) is 7.83. The van der Waals surface area contributed by atoms with Gasteiger partial charge in [-0.25, -0.2) is 0 Å². The van der Waals surface area contributed by atoms with Crippen LogP contribution >= 0.6 is 0 Å². The molecule has 2 rings (SSSR count). The van der Waals surface area contributed by atoms with Crippen LogP contribution in [0.2, 0.25) is 0 Å². The molecule has 0 aromatic heterocycles. The number of hydrogen-bond donors (Lipinski definition) is 1. The van der Waals surface area contributed by atoms with Gasteiger partial charge < -0.3 is 10.6 Å². The quantitative estimate of drug-likeness (QED) is 0.782. The van der Waals surface area contributed by atoms with Gasteiger partial charge in [0.05, 0.1) is 0 Å². The van der Waals surface area contributed by atoms with Gasteiger partial charge in [0, 0.05) is 18.5 Å². The Bertz CT molecular complexity index is 259. The van der Waals surface area contributed by atoms with Crippen LogP contribution in [0.3, 0.4) is 0 Å². The minimum absolute atomic E-state index is 0.325. The highest BCUT2D eigenvalue weighted by Gasteiger charge is 2.32. The van der Waals surface area contributed by atoms with Crippen molar-refractivity contribution in [3.63, 3.8) is 0 Å². The van der Waals surface area contributed by atoms with Crippen LogP contribution in [0.1, 0.15) is 64.2 Å². The molecule has 1 amide bonds. The molecule has 1 aliphatic heterocycles. The zero-order valence-corrected chi connectivity index (χ0v) is 11.6. The van der Waals surface area contributed by atoms with Gasteiger partial charge >= 0.3 is 0 Å². The molecule has 3 nitrogen and oxygen atoms in total. The van der Waals surface area contributed by atoms with Crippen molar-refractivity contribution in [1.82, 2.24) is 4.90 Å². The molecule has 1 aliphatic carbocycles. The van der Waals surface area contributed by atoms with Gasteiger partial charge in [0.15, 0.2) is 0 Å². The van der Waals surface area contributed by atoms with Gasteiger partial charge in [-0.2, -0.15) is 0 Å². The minimum Gasteiger partial charge on any atom is -0.339 e. The van der Waals surface area contributed by atoms with E-state index in [1.165, 1.54) is 38.5 Å². The summed E-state index contributed by atoms with van der Waals surface area (Å²) >= 11 is 0. The summed E-state index contributed by atoms with van der Waals surface area (Å²) in [7, 11) is 0. The summed E-state index contributed by atoms with van der Waals surface area (Å²) in [4.78, 5) is 14.8. The Labute approximate surface area is 111 Å². The van der Waals surface area contributed by atoms with Crippen LogP contribution in [0.5, 0.6) is 0 Å². The van der Waals surface area contributed by atoms with E-state index in [-0.39, 0.29) is 0 Å². The number of rotatable bonds is 4. The fourth-order valence-electron chi connectivity index (χ4n) is 3.54. The standard InChI is InChI=1S/C15H28N2O/c16-11-5-9-14-10-6-12-17(14)15(18)13-7-3-1-2-4-8-13/h13-14H,1-12,16H2. The second-order valence-electron chi connectivity index (χ2n) is 5.95. The molecule has 0 radical (unpaired) electrons. The average molecular weight is 252 g/mol. The second kappa shape index (κ2) is 7.13. The molecule has 0 aromatic rings. The van der Waals surface area contributed by atoms with Gasteiger partial charge in [0.1, 0.15) is 0 Å². The highest BCUT2D eigenvalue weighted by Crippen LogP contribution is 2.29. The largest absolute Gasteiger partial charge is 0.339 e. The first-order valence-electron chi connectivity index (χ1n) is 7.83. The summed E-state index contributed by atoms with van der Waals surface area (Å²) in [6, 6.07) is 0.490. The molecule has 1 saturated carbocycles. The normalized spacial score (nSPS) is 26.3. The van der Waals surface area contributed by atoms with Crippen LogP contribution in [0.15, 0.2) is 0 Å². The molecule has 2 N–H and O–H groups in total. The summed E-state index contributed by atoms with van der Waals surface area (Å²) in [5.41, 5.74) is 5.59. The zero-order chi connectivity index (χ0) is 12.8. The Morgan fingerprint density at radius 1 is 1.06 bits per heavy atom. The Morgan fingerprint density at radius 2 is 1.78 bits per heavy atom. The van der Waals surface area contributed by atoms with Crippen LogP contribution in [-0.4, -0.2) is 29.9 Å². The van der Waals surface area contributed by atoms with E-state index in [0.29, 0.717) is 17.9 Å². The van der Waals surface area contributed by atoms with E-state index < -0.39 is 0 Å². The molecule has 0 bridgehead atoms. The summed E-state index contributed by atoms with van der Waals surface area (Å²) in [5, 5.41) is 0. The summed E-state index contributed by atoms with van der Waals surface area (Å²) < 4.78 is 0. The predicted octanol–water partition coefficient (Wildman–Crippen LogP) is 2.69. The SMILES string of the molecule is NCCCC1CCCN1C(=O)C1CCCCCC1. The molecule has 3 heteroatoms. The third kappa shape index (κ3) is 3.47. The number of amides is 1. The van der Waals surface area contributed by atoms with Crippen molar-refractivity contribution < 1.29 is 4.79 Å². The molecule has 0 spiro atoms. The van der Waals surface area contributed by atoms with E-state index in [2.05, 4.69) is 4.90 Å². The molecule has 1 atom stereocenters. The van der Waals surface area contributed by atoms with Crippen molar-refractivity contribution in [2.24, 2.45) is 11.7 Å². The van der Waals surface area contributed by atoms with Crippen LogP contribution in [-0.2, 0) is 4.79 Å². The smallest absolute Gasteiger partial charge is 0.225 e. The van der Waals surface area contributed by atoms with Crippen LogP contribution in [0.4, 0.5) is 0 Å². The topological polar surface area (TPSA) is 46.3 Å². The van der Waals surface area contributed by atoms with Gasteiger partial charge in [-0.1, -0.05) is 25.7 Å². The maximum absolute atomic E-state index is 12.6. The van der Waals surface area contributed by atoms with Gasteiger partial charge in [0.25, 0.3) is 0 Å². The lowest BCUT2D eigenvalue weighted by Gasteiger charge is -2.28. The fourth-order valence-corrected chi connectivity index (χ4v) is 3.54. The van der Waals surface area contributed by atoms with Crippen molar-refractivity contribution >= 4 is 5.91 Å².